The minimum atomic E-state index is 0.182. The Kier molecular flexibility index (Phi) is 1.85. The van der Waals surface area contributed by atoms with Crippen molar-refractivity contribution >= 4 is 5.78 Å². The van der Waals surface area contributed by atoms with Crippen LogP contribution in [0.4, 0.5) is 0 Å². The Hall–Kier alpha value is -0.590. The lowest BCUT2D eigenvalue weighted by molar-refractivity contribution is -0.119. The average molecular weight is 218 g/mol. The first-order chi connectivity index (χ1) is 7.40. The minimum absolute atomic E-state index is 0.182. The Morgan fingerprint density at radius 3 is 2.69 bits per heavy atom. The summed E-state index contributed by atoms with van der Waals surface area (Å²) in [6.07, 6.45) is 5.42. The second-order valence-electron chi connectivity index (χ2n) is 6.91. The molecule has 1 heteroatoms. The fourth-order valence-corrected chi connectivity index (χ4v) is 4.78. The molecular formula is C15H22O. The number of fused-ring (bicyclic) bond motifs is 3. The van der Waals surface area contributed by atoms with Crippen LogP contribution >= 0.6 is 0 Å². The topological polar surface area (TPSA) is 17.1 Å². The van der Waals surface area contributed by atoms with Gasteiger partial charge in [-0.05, 0) is 41.6 Å². The molecule has 0 saturated heterocycles. The van der Waals surface area contributed by atoms with Crippen LogP contribution in [0.15, 0.2) is 11.6 Å². The summed E-state index contributed by atoms with van der Waals surface area (Å²) in [7, 11) is 0. The van der Waals surface area contributed by atoms with E-state index in [0.29, 0.717) is 23.0 Å². The van der Waals surface area contributed by atoms with Crippen molar-refractivity contribution in [1.82, 2.24) is 0 Å². The fraction of sp³-hybridized carbons (Fsp3) is 0.800. The maximum absolute atomic E-state index is 12.2. The number of carbonyl (C=O) groups excluding carboxylic acids is 1. The molecule has 2 saturated carbocycles. The summed E-state index contributed by atoms with van der Waals surface area (Å²) in [5.74, 6) is 2.52. The van der Waals surface area contributed by atoms with Gasteiger partial charge in [0.05, 0.1) is 0 Å². The summed E-state index contributed by atoms with van der Waals surface area (Å²) in [5, 5.41) is 0. The van der Waals surface area contributed by atoms with Crippen molar-refractivity contribution < 1.29 is 4.79 Å². The van der Waals surface area contributed by atoms with Crippen molar-refractivity contribution in [3.05, 3.63) is 11.6 Å². The number of hydrogen-bond acceptors (Lipinski definition) is 1. The van der Waals surface area contributed by atoms with Crippen LogP contribution in [0.1, 0.15) is 47.0 Å². The maximum Gasteiger partial charge on any atom is 0.159 e. The Balaban J connectivity index is 2.11. The standard InChI is InChI=1S/C15H22O/c1-9-6-5-7-10-12(16)8-11-13(14(11,2)3)15(9,10)4/h7,9,11,13H,5-6,8H2,1-4H3/t9-,11-,13+,15+/m1/s1. The van der Waals surface area contributed by atoms with Crippen LogP contribution in [-0.2, 0) is 4.79 Å². The average Bonchev–Trinajstić information content (AvgIpc) is 2.73. The monoisotopic (exact) mass is 218 g/mol. The molecule has 0 amide bonds. The molecule has 0 unspecified atom stereocenters. The maximum atomic E-state index is 12.2. The van der Waals surface area contributed by atoms with Gasteiger partial charge in [-0.3, -0.25) is 4.79 Å². The van der Waals surface area contributed by atoms with E-state index >= 15 is 0 Å². The van der Waals surface area contributed by atoms with Crippen LogP contribution in [0.3, 0.4) is 0 Å². The highest BCUT2D eigenvalue weighted by atomic mass is 16.1. The first-order valence-corrected chi connectivity index (χ1v) is 6.64. The van der Waals surface area contributed by atoms with Gasteiger partial charge in [0.2, 0.25) is 0 Å². The lowest BCUT2D eigenvalue weighted by Gasteiger charge is -2.44. The molecule has 1 nitrogen and oxygen atoms in total. The van der Waals surface area contributed by atoms with Gasteiger partial charge in [-0.25, -0.2) is 0 Å². The van der Waals surface area contributed by atoms with Crippen molar-refractivity contribution in [1.29, 1.82) is 0 Å². The van der Waals surface area contributed by atoms with E-state index in [1.54, 1.807) is 0 Å². The number of rotatable bonds is 0. The summed E-state index contributed by atoms with van der Waals surface area (Å²) in [4.78, 5) is 12.2. The lowest BCUT2D eigenvalue weighted by Crippen LogP contribution is -2.40. The molecule has 2 fully saturated rings. The summed E-state index contributed by atoms with van der Waals surface area (Å²) in [5.41, 5.74) is 1.76. The van der Waals surface area contributed by atoms with Gasteiger partial charge in [0.25, 0.3) is 0 Å². The molecular weight excluding hydrogens is 196 g/mol. The van der Waals surface area contributed by atoms with Crippen LogP contribution in [0.25, 0.3) is 0 Å². The van der Waals surface area contributed by atoms with Crippen LogP contribution < -0.4 is 0 Å². The third-order valence-electron chi connectivity index (χ3n) is 5.95. The molecule has 0 aromatic carbocycles. The second-order valence-corrected chi connectivity index (χ2v) is 6.91. The lowest BCUT2D eigenvalue weighted by atomic mass is 9.59. The third kappa shape index (κ3) is 1.00. The van der Waals surface area contributed by atoms with Crippen LogP contribution in [0, 0.1) is 28.6 Å². The first-order valence-electron chi connectivity index (χ1n) is 6.64. The van der Waals surface area contributed by atoms with Gasteiger partial charge in [-0.1, -0.05) is 33.8 Å². The van der Waals surface area contributed by atoms with Gasteiger partial charge in [-0.15, -0.1) is 0 Å². The van der Waals surface area contributed by atoms with E-state index in [1.807, 2.05) is 0 Å². The van der Waals surface area contributed by atoms with Crippen molar-refractivity contribution in [2.45, 2.75) is 47.0 Å². The molecule has 88 valence electrons. The predicted molar refractivity (Wildman–Crippen MR) is 65.0 cm³/mol. The zero-order valence-electron chi connectivity index (χ0n) is 10.8. The van der Waals surface area contributed by atoms with Gasteiger partial charge < -0.3 is 0 Å². The fourth-order valence-electron chi connectivity index (χ4n) is 4.78. The molecule has 3 aliphatic carbocycles. The summed E-state index contributed by atoms with van der Waals surface area (Å²) >= 11 is 0. The van der Waals surface area contributed by atoms with Gasteiger partial charge in [-0.2, -0.15) is 0 Å². The highest BCUT2D eigenvalue weighted by Gasteiger charge is 2.70. The van der Waals surface area contributed by atoms with E-state index in [1.165, 1.54) is 12.0 Å². The molecule has 0 N–H and O–H groups in total. The number of hydrogen-bond donors (Lipinski definition) is 0. The number of carbonyl (C=O) groups is 1. The Bertz CT molecular complexity index is 390. The summed E-state index contributed by atoms with van der Waals surface area (Å²) < 4.78 is 0. The van der Waals surface area contributed by atoms with E-state index in [-0.39, 0.29) is 5.41 Å². The minimum Gasteiger partial charge on any atom is -0.295 e. The van der Waals surface area contributed by atoms with Crippen molar-refractivity contribution in [3.8, 4) is 0 Å². The zero-order chi connectivity index (χ0) is 11.7. The molecule has 0 radical (unpaired) electrons. The second kappa shape index (κ2) is 2.80. The molecule has 0 aliphatic heterocycles. The number of allylic oxidation sites excluding steroid dienone is 2. The van der Waals surface area contributed by atoms with E-state index in [4.69, 9.17) is 0 Å². The number of ketones is 1. The molecule has 0 spiro atoms. The predicted octanol–water partition coefficient (Wildman–Crippen LogP) is 3.59. The Morgan fingerprint density at radius 1 is 1.31 bits per heavy atom. The molecule has 3 aliphatic rings. The zero-order valence-corrected chi connectivity index (χ0v) is 10.8. The third-order valence-corrected chi connectivity index (χ3v) is 5.95. The van der Waals surface area contributed by atoms with Crippen LogP contribution in [0.2, 0.25) is 0 Å². The normalized spacial score (nSPS) is 49.1. The Labute approximate surface area is 98.3 Å². The summed E-state index contributed by atoms with van der Waals surface area (Å²) in [6, 6.07) is 0. The largest absolute Gasteiger partial charge is 0.295 e. The van der Waals surface area contributed by atoms with Crippen molar-refractivity contribution in [2.24, 2.45) is 28.6 Å². The molecule has 3 rings (SSSR count). The SMILES string of the molecule is C[C@@H]1CCC=C2C(=O)C[C@@H]3[C@@H](C3(C)C)[C@]21C. The highest BCUT2D eigenvalue weighted by molar-refractivity contribution is 5.98. The van der Waals surface area contributed by atoms with Crippen molar-refractivity contribution in [3.63, 3.8) is 0 Å². The smallest absolute Gasteiger partial charge is 0.159 e. The molecule has 0 bridgehead atoms. The number of Topliss-reactive ketones (excluding diaryl/α,β-unsaturated/α-hetero) is 1. The van der Waals surface area contributed by atoms with Gasteiger partial charge in [0.1, 0.15) is 0 Å². The molecule has 16 heavy (non-hydrogen) atoms. The molecule has 0 aromatic heterocycles. The Morgan fingerprint density at radius 2 is 2.00 bits per heavy atom. The molecule has 4 atom stereocenters. The van der Waals surface area contributed by atoms with Crippen LogP contribution in [0.5, 0.6) is 0 Å². The highest BCUT2D eigenvalue weighted by Crippen LogP contribution is 2.74. The summed E-state index contributed by atoms with van der Waals surface area (Å²) in [6.45, 7) is 9.40. The first kappa shape index (κ1) is 10.6. The van der Waals surface area contributed by atoms with E-state index in [0.717, 1.165) is 18.8 Å². The van der Waals surface area contributed by atoms with Gasteiger partial charge in [0.15, 0.2) is 5.78 Å². The van der Waals surface area contributed by atoms with Gasteiger partial charge in [0, 0.05) is 11.8 Å². The van der Waals surface area contributed by atoms with E-state index in [2.05, 4.69) is 33.8 Å². The molecule has 0 heterocycles. The van der Waals surface area contributed by atoms with Crippen LogP contribution in [-0.4, -0.2) is 5.78 Å². The van der Waals surface area contributed by atoms with E-state index in [9.17, 15) is 4.79 Å². The van der Waals surface area contributed by atoms with Crippen molar-refractivity contribution in [2.75, 3.05) is 0 Å². The van der Waals surface area contributed by atoms with Gasteiger partial charge >= 0.3 is 0 Å². The van der Waals surface area contributed by atoms with E-state index < -0.39 is 0 Å². The molecule has 0 aromatic rings. The quantitative estimate of drug-likeness (QED) is 0.607.